The molecule has 2 saturated heterocycles. The monoisotopic (exact) mass is 402 g/mol. The number of ether oxygens (including phenoxy) is 1. The van der Waals surface area contributed by atoms with Crippen LogP contribution < -0.4 is 20.3 Å². The molecule has 0 aliphatic carbocycles. The Balaban J connectivity index is 0.000000645. The van der Waals surface area contributed by atoms with Crippen molar-refractivity contribution in [1.29, 1.82) is 0 Å². The quantitative estimate of drug-likeness (QED) is 0.416. The predicted octanol–water partition coefficient (Wildman–Crippen LogP) is -0.681. The van der Waals surface area contributed by atoms with Crippen molar-refractivity contribution >= 4 is 29.9 Å². The minimum absolute atomic E-state index is 0.164. The number of piperazine rings is 1. The summed E-state index contributed by atoms with van der Waals surface area (Å²) in [7, 11) is 0. The molecule has 4 aliphatic rings. The van der Waals surface area contributed by atoms with Gasteiger partial charge in [0.05, 0.1) is 18.3 Å². The van der Waals surface area contributed by atoms with Gasteiger partial charge >= 0.3 is 0 Å². The lowest BCUT2D eigenvalue weighted by Crippen LogP contribution is -2.55. The molecule has 2 atom stereocenters. The first-order valence-electron chi connectivity index (χ1n) is 9.53. The van der Waals surface area contributed by atoms with Crippen molar-refractivity contribution < 1.29 is 29.0 Å². The maximum Gasteiger partial charge on any atom is 0.290 e. The molecule has 1 aromatic carbocycles. The Morgan fingerprint density at radius 3 is 2.76 bits per heavy atom. The summed E-state index contributed by atoms with van der Waals surface area (Å²) in [5, 5.41) is 12.6. The van der Waals surface area contributed by atoms with Crippen LogP contribution in [0.1, 0.15) is 28.8 Å². The number of hydrogen-bond donors (Lipinski definition) is 3. The number of rotatable bonds is 1. The Bertz CT molecular complexity index is 873. The van der Waals surface area contributed by atoms with Crippen LogP contribution in [0.25, 0.3) is 0 Å². The molecular formula is C19H22N4O6. The van der Waals surface area contributed by atoms with Crippen LogP contribution in [0.5, 0.6) is 5.75 Å². The molecule has 154 valence electrons. The van der Waals surface area contributed by atoms with Crippen LogP contribution in [0.2, 0.25) is 0 Å². The number of amides is 3. The van der Waals surface area contributed by atoms with E-state index in [1.54, 1.807) is 4.90 Å². The van der Waals surface area contributed by atoms with Crippen molar-refractivity contribution in [2.75, 3.05) is 31.1 Å². The zero-order valence-electron chi connectivity index (χ0n) is 15.7. The van der Waals surface area contributed by atoms with Gasteiger partial charge < -0.3 is 25.0 Å². The number of hydrogen-bond acceptors (Lipinski definition) is 7. The molecule has 0 bridgehead atoms. The first-order valence-corrected chi connectivity index (χ1v) is 9.53. The highest BCUT2D eigenvalue weighted by molar-refractivity contribution is 6.06. The average Bonchev–Trinajstić information content (AvgIpc) is 3.05. The van der Waals surface area contributed by atoms with Crippen LogP contribution in [0.3, 0.4) is 0 Å². The summed E-state index contributed by atoms with van der Waals surface area (Å²) in [6, 6.07) is 3.50. The van der Waals surface area contributed by atoms with Crippen molar-refractivity contribution in [3.05, 3.63) is 23.3 Å². The average molecular weight is 402 g/mol. The van der Waals surface area contributed by atoms with Crippen LogP contribution >= 0.6 is 0 Å². The zero-order valence-corrected chi connectivity index (χ0v) is 15.7. The van der Waals surface area contributed by atoms with Gasteiger partial charge in [-0.25, -0.2) is 0 Å². The minimum atomic E-state index is -0.598. The Hall–Kier alpha value is -3.14. The number of nitrogens with one attached hydrogen (secondary N) is 2. The summed E-state index contributed by atoms with van der Waals surface area (Å²) in [5.41, 5.74) is 2.48. The SMILES string of the molecule is O=C1CC[C@H](N2Cc3c(ccc4c3OC[C@H]3CNCCN43)C2=O)C(=O)N1.O=CO. The van der Waals surface area contributed by atoms with Gasteiger partial charge in [0.2, 0.25) is 11.8 Å². The molecule has 3 N–H and O–H groups in total. The third-order valence-electron chi connectivity index (χ3n) is 5.73. The second kappa shape index (κ2) is 7.70. The van der Waals surface area contributed by atoms with E-state index in [9.17, 15) is 14.4 Å². The van der Waals surface area contributed by atoms with Gasteiger partial charge in [0.1, 0.15) is 18.4 Å². The number of carboxylic acid groups (broad SMARTS) is 1. The van der Waals surface area contributed by atoms with Gasteiger partial charge in [-0.15, -0.1) is 0 Å². The van der Waals surface area contributed by atoms with Gasteiger partial charge in [0, 0.05) is 37.2 Å². The lowest BCUT2D eigenvalue weighted by atomic mass is 10.0. The highest BCUT2D eigenvalue weighted by Gasteiger charge is 2.42. The van der Waals surface area contributed by atoms with Gasteiger partial charge in [-0.2, -0.15) is 0 Å². The summed E-state index contributed by atoms with van der Waals surface area (Å²) in [6.07, 6.45) is 0.626. The summed E-state index contributed by atoms with van der Waals surface area (Å²) in [6.45, 7) is 3.40. The second-order valence-corrected chi connectivity index (χ2v) is 7.31. The third kappa shape index (κ3) is 3.29. The maximum atomic E-state index is 12.9. The van der Waals surface area contributed by atoms with E-state index < -0.39 is 6.04 Å². The van der Waals surface area contributed by atoms with Gasteiger partial charge in [0.25, 0.3) is 12.4 Å². The van der Waals surface area contributed by atoms with E-state index in [1.165, 1.54) is 0 Å². The van der Waals surface area contributed by atoms with Crippen molar-refractivity contribution in [2.45, 2.75) is 31.5 Å². The number of imide groups is 1. The molecular weight excluding hydrogens is 380 g/mol. The normalized spacial score (nSPS) is 25.0. The van der Waals surface area contributed by atoms with Crippen LogP contribution in [0.15, 0.2) is 12.1 Å². The summed E-state index contributed by atoms with van der Waals surface area (Å²) < 4.78 is 6.05. The molecule has 10 heteroatoms. The Morgan fingerprint density at radius 1 is 1.21 bits per heavy atom. The molecule has 3 amide bonds. The minimum Gasteiger partial charge on any atom is -0.489 e. The fourth-order valence-corrected chi connectivity index (χ4v) is 4.39. The van der Waals surface area contributed by atoms with Crippen molar-refractivity contribution in [3.8, 4) is 5.75 Å². The van der Waals surface area contributed by atoms with Gasteiger partial charge in [-0.05, 0) is 18.6 Å². The number of nitrogens with zero attached hydrogens (tertiary/aromatic N) is 2. The van der Waals surface area contributed by atoms with Crippen molar-refractivity contribution in [2.24, 2.45) is 0 Å². The number of benzene rings is 1. The van der Waals surface area contributed by atoms with E-state index in [0.29, 0.717) is 31.2 Å². The van der Waals surface area contributed by atoms with E-state index in [1.807, 2.05) is 12.1 Å². The number of fused-ring (bicyclic) bond motifs is 5. The van der Waals surface area contributed by atoms with Crippen LogP contribution in [0.4, 0.5) is 5.69 Å². The third-order valence-corrected chi connectivity index (χ3v) is 5.73. The lowest BCUT2D eigenvalue weighted by Gasteiger charge is -2.42. The fourth-order valence-electron chi connectivity index (χ4n) is 4.39. The van der Waals surface area contributed by atoms with Gasteiger partial charge in [-0.1, -0.05) is 0 Å². The largest absolute Gasteiger partial charge is 0.489 e. The molecule has 0 unspecified atom stereocenters. The molecule has 0 saturated carbocycles. The van der Waals surface area contributed by atoms with Crippen LogP contribution in [-0.2, 0) is 20.9 Å². The van der Waals surface area contributed by atoms with E-state index in [0.717, 1.165) is 36.6 Å². The second-order valence-electron chi connectivity index (χ2n) is 7.31. The zero-order chi connectivity index (χ0) is 20.5. The molecule has 2 fully saturated rings. The number of carbonyl (C=O) groups excluding carboxylic acids is 3. The lowest BCUT2D eigenvalue weighted by molar-refractivity contribution is -0.137. The Kier molecular flexibility index (Phi) is 5.10. The first kappa shape index (κ1) is 19.2. The highest BCUT2D eigenvalue weighted by atomic mass is 16.5. The van der Waals surface area contributed by atoms with Gasteiger partial charge in [0.15, 0.2) is 0 Å². The molecule has 0 spiro atoms. The Morgan fingerprint density at radius 2 is 2.00 bits per heavy atom. The molecule has 0 radical (unpaired) electrons. The summed E-state index contributed by atoms with van der Waals surface area (Å²) in [4.78, 5) is 48.7. The maximum absolute atomic E-state index is 12.9. The smallest absolute Gasteiger partial charge is 0.290 e. The first-order chi connectivity index (χ1) is 14.0. The van der Waals surface area contributed by atoms with E-state index >= 15 is 0 Å². The van der Waals surface area contributed by atoms with Gasteiger partial charge in [-0.3, -0.25) is 24.5 Å². The van der Waals surface area contributed by atoms with E-state index in [-0.39, 0.29) is 30.6 Å². The van der Waals surface area contributed by atoms with Crippen molar-refractivity contribution in [3.63, 3.8) is 0 Å². The van der Waals surface area contributed by atoms with Crippen LogP contribution in [-0.4, -0.2) is 72.5 Å². The molecule has 10 nitrogen and oxygen atoms in total. The molecule has 0 aromatic heterocycles. The predicted molar refractivity (Wildman–Crippen MR) is 101 cm³/mol. The Labute approximate surface area is 166 Å². The van der Waals surface area contributed by atoms with E-state index in [4.69, 9.17) is 14.6 Å². The summed E-state index contributed by atoms with van der Waals surface area (Å²) >= 11 is 0. The molecule has 5 rings (SSSR count). The highest BCUT2D eigenvalue weighted by Crippen LogP contribution is 2.43. The topological polar surface area (TPSA) is 128 Å². The van der Waals surface area contributed by atoms with E-state index in [2.05, 4.69) is 15.5 Å². The molecule has 1 aromatic rings. The number of anilines is 1. The van der Waals surface area contributed by atoms with Crippen molar-refractivity contribution in [1.82, 2.24) is 15.5 Å². The number of piperidine rings is 1. The van der Waals surface area contributed by atoms with Crippen LogP contribution in [0, 0.1) is 0 Å². The molecule has 4 aliphatic heterocycles. The summed E-state index contributed by atoms with van der Waals surface area (Å²) in [5.74, 6) is -0.0626. The molecule has 29 heavy (non-hydrogen) atoms. The number of carbonyl (C=O) groups is 4. The standard InChI is InChI=1S/C18H20N4O4.CH2O2/c23-15-4-3-14(17(24)20-15)22-8-12-11(18(22)25)1-2-13-16(12)26-9-10-7-19-5-6-21(10)13;2-1-3/h1-2,10,14,19H,3-9H2,(H,20,23,24);1H,(H,2,3)/t10-,14+;/m1./s1. The molecule has 4 heterocycles. The fraction of sp³-hybridized carbons (Fsp3) is 0.474.